The summed E-state index contributed by atoms with van der Waals surface area (Å²) in [5.74, 6) is -1.69. The summed E-state index contributed by atoms with van der Waals surface area (Å²) in [5.41, 5.74) is -1.04. The van der Waals surface area contributed by atoms with Gasteiger partial charge in [-0.1, -0.05) is 36.4 Å². The van der Waals surface area contributed by atoms with E-state index in [0.717, 1.165) is 17.0 Å². The number of amides is 3. The van der Waals surface area contributed by atoms with E-state index in [1.165, 1.54) is 53.4 Å². The summed E-state index contributed by atoms with van der Waals surface area (Å²) in [4.78, 5) is 43.2. The predicted molar refractivity (Wildman–Crippen MR) is 154 cm³/mol. The van der Waals surface area contributed by atoms with E-state index in [4.69, 9.17) is 0 Å². The van der Waals surface area contributed by atoms with E-state index < -0.39 is 28.8 Å². The maximum absolute atomic E-state index is 13.6. The van der Waals surface area contributed by atoms with Crippen LogP contribution in [0.25, 0.3) is 6.08 Å². The standard InChI is InChI=1S/C29H23F3N4O3S2/c1-18(25(37)36-28-33-15-16-40-28)41-22-13-11-21(12-14-22)34-27(39)24(35-26(38)19-7-3-2-4-8-19)17-20-9-5-6-10-23(20)29(30,31)32/h2-18H,1H3,(H,34,39)(H,35,38)(H,33,36,37)/b24-17+/t18-/m1/s1. The number of hydrogen-bond donors (Lipinski definition) is 3. The number of carbonyl (C=O) groups is 3. The molecule has 0 aliphatic heterocycles. The minimum Gasteiger partial charge on any atom is -0.321 e. The third-order valence-corrected chi connectivity index (χ3v) is 7.35. The van der Waals surface area contributed by atoms with Crippen molar-refractivity contribution in [3.05, 3.63) is 113 Å². The fraction of sp³-hybridized carbons (Fsp3) is 0.103. The Labute approximate surface area is 241 Å². The van der Waals surface area contributed by atoms with Crippen molar-refractivity contribution in [1.29, 1.82) is 0 Å². The van der Waals surface area contributed by atoms with Gasteiger partial charge in [-0.15, -0.1) is 23.1 Å². The molecule has 41 heavy (non-hydrogen) atoms. The van der Waals surface area contributed by atoms with Crippen molar-refractivity contribution in [1.82, 2.24) is 10.3 Å². The zero-order valence-corrected chi connectivity index (χ0v) is 23.1. The number of nitrogens with zero attached hydrogens (tertiary/aromatic N) is 1. The lowest BCUT2D eigenvalue weighted by Crippen LogP contribution is -2.30. The maximum Gasteiger partial charge on any atom is 0.416 e. The predicted octanol–water partition coefficient (Wildman–Crippen LogP) is 6.69. The van der Waals surface area contributed by atoms with Crippen LogP contribution >= 0.6 is 23.1 Å². The first-order valence-electron chi connectivity index (χ1n) is 12.1. The van der Waals surface area contributed by atoms with Crippen molar-refractivity contribution in [3.63, 3.8) is 0 Å². The molecule has 0 aliphatic carbocycles. The Morgan fingerprint density at radius 1 is 0.927 bits per heavy atom. The Morgan fingerprint density at radius 3 is 2.27 bits per heavy atom. The molecule has 1 heterocycles. The average Bonchev–Trinajstić information content (AvgIpc) is 3.47. The minimum atomic E-state index is -4.67. The summed E-state index contributed by atoms with van der Waals surface area (Å²) in [6, 6.07) is 19.3. The van der Waals surface area contributed by atoms with Crippen molar-refractivity contribution in [2.45, 2.75) is 23.2 Å². The highest BCUT2D eigenvalue weighted by Crippen LogP contribution is 2.33. The summed E-state index contributed by atoms with van der Waals surface area (Å²) in [5, 5.41) is 9.60. The lowest BCUT2D eigenvalue weighted by molar-refractivity contribution is -0.137. The smallest absolute Gasteiger partial charge is 0.321 e. The molecule has 0 aliphatic rings. The van der Waals surface area contributed by atoms with Gasteiger partial charge in [-0.05, 0) is 61.0 Å². The van der Waals surface area contributed by atoms with Gasteiger partial charge in [0.25, 0.3) is 11.8 Å². The average molecular weight is 597 g/mol. The molecular formula is C29H23F3N4O3S2. The Bertz CT molecular complexity index is 1540. The topological polar surface area (TPSA) is 100 Å². The Hall–Kier alpha value is -4.42. The molecule has 0 radical (unpaired) electrons. The molecule has 4 aromatic rings. The fourth-order valence-electron chi connectivity index (χ4n) is 3.54. The van der Waals surface area contributed by atoms with Crippen molar-refractivity contribution in [2.24, 2.45) is 0 Å². The highest BCUT2D eigenvalue weighted by atomic mass is 32.2. The highest BCUT2D eigenvalue weighted by Gasteiger charge is 2.33. The van der Waals surface area contributed by atoms with Crippen LogP contribution in [0.1, 0.15) is 28.4 Å². The molecule has 1 atom stereocenters. The van der Waals surface area contributed by atoms with E-state index in [1.807, 2.05) is 0 Å². The second kappa shape index (κ2) is 13.3. The molecule has 7 nitrogen and oxygen atoms in total. The van der Waals surface area contributed by atoms with Gasteiger partial charge in [0.1, 0.15) is 5.70 Å². The van der Waals surface area contributed by atoms with E-state index in [2.05, 4.69) is 20.9 Å². The number of benzene rings is 3. The van der Waals surface area contributed by atoms with E-state index in [9.17, 15) is 27.6 Å². The summed E-state index contributed by atoms with van der Waals surface area (Å²) < 4.78 is 40.8. The molecule has 0 spiro atoms. The summed E-state index contributed by atoms with van der Waals surface area (Å²) in [6.45, 7) is 1.74. The van der Waals surface area contributed by atoms with Crippen molar-refractivity contribution < 1.29 is 27.6 Å². The van der Waals surface area contributed by atoms with Crippen molar-refractivity contribution >= 4 is 57.7 Å². The van der Waals surface area contributed by atoms with Crippen LogP contribution in [0.3, 0.4) is 0 Å². The van der Waals surface area contributed by atoms with Gasteiger partial charge in [0.2, 0.25) is 5.91 Å². The Balaban J connectivity index is 1.51. The van der Waals surface area contributed by atoms with Crippen LogP contribution < -0.4 is 16.0 Å². The van der Waals surface area contributed by atoms with Gasteiger partial charge in [-0.3, -0.25) is 14.4 Å². The molecule has 12 heteroatoms. The number of thioether (sulfide) groups is 1. The number of anilines is 2. The molecule has 1 aromatic heterocycles. The van der Waals surface area contributed by atoms with Gasteiger partial charge in [0.05, 0.1) is 10.8 Å². The molecule has 0 unspecified atom stereocenters. The SMILES string of the molecule is C[C@@H](Sc1ccc(NC(=O)/C(=C\c2ccccc2C(F)(F)F)NC(=O)c2ccccc2)cc1)C(=O)Nc1nccs1. The van der Waals surface area contributed by atoms with Crippen molar-refractivity contribution in [3.8, 4) is 0 Å². The summed E-state index contributed by atoms with van der Waals surface area (Å²) in [7, 11) is 0. The highest BCUT2D eigenvalue weighted by molar-refractivity contribution is 8.00. The molecular weight excluding hydrogens is 573 g/mol. The normalized spacial score (nSPS) is 12.3. The Kier molecular flexibility index (Phi) is 9.58. The van der Waals surface area contributed by atoms with Gasteiger partial charge in [-0.25, -0.2) is 4.98 Å². The van der Waals surface area contributed by atoms with Gasteiger partial charge in [0, 0.05) is 27.7 Å². The number of hydrogen-bond acceptors (Lipinski definition) is 6. The lowest BCUT2D eigenvalue weighted by atomic mass is 10.1. The van der Waals surface area contributed by atoms with E-state index >= 15 is 0 Å². The molecule has 4 rings (SSSR count). The molecule has 210 valence electrons. The van der Waals surface area contributed by atoms with E-state index in [1.54, 1.807) is 61.0 Å². The Morgan fingerprint density at radius 2 is 1.61 bits per heavy atom. The molecule has 0 bridgehead atoms. The number of carbonyl (C=O) groups excluding carboxylic acids is 3. The van der Waals surface area contributed by atoms with Crippen molar-refractivity contribution in [2.75, 3.05) is 10.6 Å². The van der Waals surface area contributed by atoms with Gasteiger partial charge in [-0.2, -0.15) is 13.2 Å². The first kappa shape index (κ1) is 29.6. The first-order chi connectivity index (χ1) is 19.6. The third-order valence-electron chi connectivity index (χ3n) is 5.55. The zero-order valence-electron chi connectivity index (χ0n) is 21.4. The van der Waals surface area contributed by atoms with Gasteiger partial charge < -0.3 is 16.0 Å². The quantitative estimate of drug-likeness (QED) is 0.148. The number of alkyl halides is 3. The van der Waals surface area contributed by atoms with Crippen LogP contribution in [0.15, 0.2) is 101 Å². The molecule has 3 N–H and O–H groups in total. The number of nitrogens with one attached hydrogen (secondary N) is 3. The number of rotatable bonds is 9. The van der Waals surface area contributed by atoms with Crippen LogP contribution in [-0.2, 0) is 15.8 Å². The van der Waals surface area contributed by atoms with Crippen LogP contribution in [0, 0.1) is 0 Å². The van der Waals surface area contributed by atoms with Gasteiger partial charge in [0.15, 0.2) is 5.13 Å². The lowest BCUT2D eigenvalue weighted by Gasteiger charge is -2.14. The van der Waals surface area contributed by atoms with Gasteiger partial charge >= 0.3 is 6.18 Å². The summed E-state index contributed by atoms with van der Waals surface area (Å²) in [6.07, 6.45) is -2.08. The first-order valence-corrected chi connectivity index (χ1v) is 13.9. The zero-order chi connectivity index (χ0) is 29.4. The van der Waals surface area contributed by atoms with Crippen LogP contribution in [0.5, 0.6) is 0 Å². The third kappa shape index (κ3) is 8.29. The molecule has 3 amide bonds. The maximum atomic E-state index is 13.6. The van der Waals surface area contributed by atoms with E-state index in [0.29, 0.717) is 10.8 Å². The van der Waals surface area contributed by atoms with Crippen LogP contribution in [0.2, 0.25) is 0 Å². The minimum absolute atomic E-state index is 0.217. The van der Waals surface area contributed by atoms with Crippen LogP contribution in [-0.4, -0.2) is 28.0 Å². The second-order valence-corrected chi connectivity index (χ2v) is 10.8. The number of thiazole rings is 1. The van der Waals surface area contributed by atoms with Crippen LogP contribution in [0.4, 0.5) is 24.0 Å². The number of aromatic nitrogens is 1. The monoisotopic (exact) mass is 596 g/mol. The van der Waals surface area contributed by atoms with E-state index in [-0.39, 0.29) is 22.7 Å². The number of halogens is 3. The molecule has 0 fully saturated rings. The summed E-state index contributed by atoms with van der Waals surface area (Å²) >= 11 is 2.61. The fourth-order valence-corrected chi connectivity index (χ4v) is 4.94. The molecule has 3 aromatic carbocycles. The second-order valence-electron chi connectivity index (χ2n) is 8.53. The largest absolute Gasteiger partial charge is 0.416 e. The molecule has 0 saturated carbocycles. The molecule has 0 saturated heterocycles.